The van der Waals surface area contributed by atoms with E-state index in [4.69, 9.17) is 4.74 Å². The number of nitrogens with zero attached hydrogens (tertiary/aromatic N) is 2. The number of carbonyl (C=O) groups excluding carboxylic acids is 2. The minimum atomic E-state index is -0.675. The van der Waals surface area contributed by atoms with Crippen LogP contribution in [0.2, 0.25) is 0 Å². The molecular formula is C15H22N4O3. The van der Waals surface area contributed by atoms with Crippen molar-refractivity contribution in [2.24, 2.45) is 0 Å². The highest BCUT2D eigenvalue weighted by atomic mass is 16.5. The minimum Gasteiger partial charge on any atom is -0.477 e. The lowest BCUT2D eigenvalue weighted by atomic mass is 10.2. The quantitative estimate of drug-likeness (QED) is 0.669. The fourth-order valence-electron chi connectivity index (χ4n) is 1.82. The van der Waals surface area contributed by atoms with Crippen LogP contribution in [0.15, 0.2) is 31.4 Å². The van der Waals surface area contributed by atoms with Crippen molar-refractivity contribution in [1.82, 2.24) is 20.4 Å². The second-order valence-corrected chi connectivity index (χ2v) is 4.57. The predicted molar refractivity (Wildman–Crippen MR) is 83.7 cm³/mol. The number of ether oxygens (including phenoxy) is 1. The predicted octanol–water partition coefficient (Wildman–Crippen LogP) is 1.13. The van der Waals surface area contributed by atoms with Gasteiger partial charge in [0.15, 0.2) is 0 Å². The third-order valence-corrected chi connectivity index (χ3v) is 2.82. The van der Waals surface area contributed by atoms with Gasteiger partial charge in [0.05, 0.1) is 6.61 Å². The molecule has 1 rings (SSSR count). The molecule has 0 aliphatic rings. The second kappa shape index (κ2) is 8.66. The Morgan fingerprint density at radius 2 is 2.09 bits per heavy atom. The van der Waals surface area contributed by atoms with E-state index in [1.807, 2.05) is 6.92 Å². The summed E-state index contributed by atoms with van der Waals surface area (Å²) < 4.78 is 5.17. The van der Waals surface area contributed by atoms with Gasteiger partial charge in [-0.2, -0.15) is 0 Å². The smallest absolute Gasteiger partial charge is 0.270 e. The Hall–Kier alpha value is -2.57. The molecule has 7 nitrogen and oxygen atoms in total. The molecule has 2 amide bonds. The van der Waals surface area contributed by atoms with E-state index in [1.165, 1.54) is 6.07 Å². The Bertz CT molecular complexity index is 529. The zero-order valence-corrected chi connectivity index (χ0v) is 13.0. The van der Waals surface area contributed by atoms with Gasteiger partial charge < -0.3 is 15.0 Å². The molecule has 0 aliphatic carbocycles. The first-order valence-corrected chi connectivity index (χ1v) is 7.03. The summed E-state index contributed by atoms with van der Waals surface area (Å²) in [5.41, 5.74) is 0.238. The summed E-state index contributed by atoms with van der Waals surface area (Å²) in [5.74, 6) is -0.291. The largest absolute Gasteiger partial charge is 0.477 e. The Morgan fingerprint density at radius 1 is 1.45 bits per heavy atom. The number of hydrogen-bond acceptors (Lipinski definition) is 4. The molecule has 0 aromatic carbocycles. The van der Waals surface area contributed by atoms with Crippen LogP contribution in [-0.4, -0.2) is 52.6 Å². The van der Waals surface area contributed by atoms with Crippen molar-refractivity contribution in [3.63, 3.8) is 0 Å². The third-order valence-electron chi connectivity index (χ3n) is 2.82. The van der Waals surface area contributed by atoms with Gasteiger partial charge in [0.25, 0.3) is 5.91 Å². The van der Waals surface area contributed by atoms with Crippen LogP contribution >= 0.6 is 0 Å². The first-order chi connectivity index (χ1) is 10.5. The average Bonchev–Trinajstić information content (AvgIpc) is 2.95. The molecule has 0 aliphatic heterocycles. The van der Waals surface area contributed by atoms with Crippen LogP contribution in [0.3, 0.4) is 0 Å². The molecule has 2 N–H and O–H groups in total. The van der Waals surface area contributed by atoms with Gasteiger partial charge in [-0.1, -0.05) is 12.2 Å². The summed E-state index contributed by atoms with van der Waals surface area (Å²) in [6.07, 6.45) is 3.25. The minimum absolute atomic E-state index is 0.210. The molecule has 0 bridgehead atoms. The van der Waals surface area contributed by atoms with E-state index in [2.05, 4.69) is 28.7 Å². The highest BCUT2D eigenvalue weighted by Gasteiger charge is 2.22. The number of hydrogen-bond donors (Lipinski definition) is 2. The first-order valence-electron chi connectivity index (χ1n) is 7.03. The highest BCUT2D eigenvalue weighted by Crippen LogP contribution is 2.08. The van der Waals surface area contributed by atoms with Crippen LogP contribution in [0.1, 0.15) is 24.3 Å². The zero-order chi connectivity index (χ0) is 16.5. The van der Waals surface area contributed by atoms with E-state index in [-0.39, 0.29) is 11.6 Å². The number of nitrogens with one attached hydrogen (secondary N) is 2. The Morgan fingerprint density at radius 3 is 2.64 bits per heavy atom. The average molecular weight is 306 g/mol. The monoisotopic (exact) mass is 306 g/mol. The highest BCUT2D eigenvalue weighted by molar-refractivity contribution is 5.96. The van der Waals surface area contributed by atoms with Gasteiger partial charge in [-0.05, 0) is 13.8 Å². The van der Waals surface area contributed by atoms with Crippen LogP contribution in [0, 0.1) is 0 Å². The van der Waals surface area contributed by atoms with Crippen molar-refractivity contribution in [3.8, 4) is 5.88 Å². The maximum atomic E-state index is 12.3. The molecule has 7 heteroatoms. The third kappa shape index (κ3) is 4.76. The van der Waals surface area contributed by atoms with Crippen LogP contribution in [0.4, 0.5) is 0 Å². The molecule has 0 fully saturated rings. The molecule has 0 radical (unpaired) electrons. The van der Waals surface area contributed by atoms with Crippen LogP contribution in [0.5, 0.6) is 5.88 Å². The normalized spacial score (nSPS) is 11.4. The summed E-state index contributed by atoms with van der Waals surface area (Å²) in [6.45, 7) is 11.9. The zero-order valence-electron chi connectivity index (χ0n) is 13.0. The SMILES string of the molecule is C=CCN(CC=C)C(=O)C(C)NC(=O)c1cc(OCC)n[nH]1. The molecule has 1 unspecified atom stereocenters. The summed E-state index contributed by atoms with van der Waals surface area (Å²) in [6, 6.07) is 0.813. The summed E-state index contributed by atoms with van der Waals surface area (Å²) in [7, 11) is 0. The van der Waals surface area contributed by atoms with Gasteiger partial charge in [0.2, 0.25) is 11.8 Å². The summed E-state index contributed by atoms with van der Waals surface area (Å²) >= 11 is 0. The molecule has 0 saturated carbocycles. The molecule has 1 atom stereocenters. The van der Waals surface area contributed by atoms with Gasteiger partial charge in [-0.15, -0.1) is 18.3 Å². The number of aromatic amines is 1. The molecular weight excluding hydrogens is 284 g/mol. The van der Waals surface area contributed by atoms with Crippen LogP contribution < -0.4 is 10.1 Å². The van der Waals surface area contributed by atoms with E-state index in [1.54, 1.807) is 24.0 Å². The van der Waals surface area contributed by atoms with Gasteiger partial charge in [-0.25, -0.2) is 0 Å². The van der Waals surface area contributed by atoms with Crippen LogP contribution in [0.25, 0.3) is 0 Å². The van der Waals surface area contributed by atoms with E-state index in [0.717, 1.165) is 0 Å². The van der Waals surface area contributed by atoms with Crippen molar-refractivity contribution in [3.05, 3.63) is 37.1 Å². The number of rotatable bonds is 9. The standard InChI is InChI=1S/C15H22N4O3/c1-5-8-19(9-6-2)15(21)11(4)16-14(20)12-10-13(18-17-12)22-7-3/h5-6,10-11H,1-2,7-9H2,3-4H3,(H,16,20)(H,17,18). The molecule has 120 valence electrons. The van der Waals surface area contributed by atoms with Crippen molar-refractivity contribution in [1.29, 1.82) is 0 Å². The van der Waals surface area contributed by atoms with Crippen molar-refractivity contribution in [2.75, 3.05) is 19.7 Å². The van der Waals surface area contributed by atoms with Crippen molar-refractivity contribution >= 4 is 11.8 Å². The Balaban J connectivity index is 2.66. The summed E-state index contributed by atoms with van der Waals surface area (Å²) in [5, 5.41) is 9.04. The molecule has 1 aromatic heterocycles. The fraction of sp³-hybridized carbons (Fsp3) is 0.400. The number of aromatic nitrogens is 2. The molecule has 1 aromatic rings. The van der Waals surface area contributed by atoms with Gasteiger partial charge in [0.1, 0.15) is 11.7 Å². The van der Waals surface area contributed by atoms with Crippen LogP contribution in [-0.2, 0) is 4.79 Å². The summed E-state index contributed by atoms with van der Waals surface area (Å²) in [4.78, 5) is 25.9. The topological polar surface area (TPSA) is 87.3 Å². The lowest BCUT2D eigenvalue weighted by Crippen LogP contribution is -2.47. The molecule has 1 heterocycles. The van der Waals surface area contributed by atoms with Gasteiger partial charge in [-0.3, -0.25) is 14.7 Å². The number of H-pyrrole nitrogens is 1. The lowest BCUT2D eigenvalue weighted by molar-refractivity contribution is -0.131. The molecule has 0 spiro atoms. The first kappa shape index (κ1) is 17.5. The maximum absolute atomic E-state index is 12.3. The van der Waals surface area contributed by atoms with Gasteiger partial charge in [0, 0.05) is 19.2 Å². The molecule has 0 saturated heterocycles. The van der Waals surface area contributed by atoms with Crippen molar-refractivity contribution < 1.29 is 14.3 Å². The second-order valence-electron chi connectivity index (χ2n) is 4.57. The van der Waals surface area contributed by atoms with Crippen molar-refractivity contribution in [2.45, 2.75) is 19.9 Å². The maximum Gasteiger partial charge on any atom is 0.270 e. The van der Waals surface area contributed by atoms with E-state index >= 15 is 0 Å². The van der Waals surface area contributed by atoms with Gasteiger partial charge >= 0.3 is 0 Å². The fourth-order valence-corrected chi connectivity index (χ4v) is 1.82. The lowest BCUT2D eigenvalue weighted by Gasteiger charge is -2.23. The Kier molecular flexibility index (Phi) is 6.88. The van der Waals surface area contributed by atoms with E-state index < -0.39 is 11.9 Å². The number of amides is 2. The molecule has 22 heavy (non-hydrogen) atoms. The Labute approximate surface area is 130 Å². The number of carbonyl (C=O) groups is 2. The van der Waals surface area contributed by atoms with E-state index in [0.29, 0.717) is 25.6 Å². The van der Waals surface area contributed by atoms with E-state index in [9.17, 15) is 9.59 Å².